The molecule has 2 N–H and O–H groups in total. The highest BCUT2D eigenvalue weighted by Gasteiger charge is 2.11. The second-order valence-electron chi connectivity index (χ2n) is 4.26. The number of hydrogen-bond donors (Lipinski definition) is 2. The summed E-state index contributed by atoms with van der Waals surface area (Å²) >= 11 is 1.33. The largest absolute Gasteiger partial charge is 0.392 e. The first-order valence-corrected chi connectivity index (χ1v) is 7.33. The van der Waals surface area contributed by atoms with Crippen molar-refractivity contribution in [3.8, 4) is 6.07 Å². The molecular formula is C16H14N2O2S. The molecule has 0 heterocycles. The van der Waals surface area contributed by atoms with Crippen LogP contribution < -0.4 is 5.32 Å². The van der Waals surface area contributed by atoms with Gasteiger partial charge in [0, 0.05) is 10.6 Å². The van der Waals surface area contributed by atoms with Crippen LogP contribution in [-0.4, -0.2) is 16.8 Å². The first-order valence-electron chi connectivity index (χ1n) is 6.34. The van der Waals surface area contributed by atoms with E-state index in [1.54, 1.807) is 36.4 Å². The smallest absolute Gasteiger partial charge is 0.256 e. The number of hydrogen-bond acceptors (Lipinski definition) is 4. The fourth-order valence-corrected chi connectivity index (χ4v) is 2.55. The zero-order valence-electron chi connectivity index (χ0n) is 11.2. The number of thioether (sulfide) groups is 1. The number of aliphatic hydroxyl groups is 1. The average molecular weight is 298 g/mol. The molecule has 0 saturated heterocycles. The Hall–Kier alpha value is -2.29. The number of anilines is 1. The quantitative estimate of drug-likeness (QED) is 0.832. The van der Waals surface area contributed by atoms with Crippen LogP contribution >= 0.6 is 11.8 Å². The Morgan fingerprint density at radius 2 is 2.05 bits per heavy atom. The van der Waals surface area contributed by atoms with Crippen molar-refractivity contribution in [3.63, 3.8) is 0 Å². The number of nitrogens with one attached hydrogen (secondary N) is 1. The number of nitriles is 1. The van der Waals surface area contributed by atoms with Gasteiger partial charge in [-0.15, -0.1) is 11.8 Å². The van der Waals surface area contributed by atoms with Crippen molar-refractivity contribution in [2.75, 3.05) is 11.1 Å². The predicted octanol–water partition coefficient (Wildman–Crippen LogP) is 3.05. The Morgan fingerprint density at radius 3 is 2.81 bits per heavy atom. The molecule has 0 bridgehead atoms. The number of carbonyl (C=O) groups excluding carboxylic acids is 1. The lowest BCUT2D eigenvalue weighted by molar-refractivity contribution is 0.102. The minimum atomic E-state index is -0.230. The highest BCUT2D eigenvalue weighted by Crippen LogP contribution is 2.23. The summed E-state index contributed by atoms with van der Waals surface area (Å²) in [4.78, 5) is 13.1. The molecule has 0 aliphatic heterocycles. The van der Waals surface area contributed by atoms with E-state index in [4.69, 9.17) is 10.4 Å². The zero-order valence-corrected chi connectivity index (χ0v) is 12.1. The maximum atomic E-state index is 12.3. The third-order valence-corrected chi connectivity index (χ3v) is 3.73. The lowest BCUT2D eigenvalue weighted by atomic mass is 10.2. The number of nitrogens with zero attached hydrogens (tertiary/aromatic N) is 1. The Morgan fingerprint density at radius 1 is 1.24 bits per heavy atom. The van der Waals surface area contributed by atoms with Gasteiger partial charge in [0.2, 0.25) is 0 Å². The van der Waals surface area contributed by atoms with Crippen LogP contribution in [0.3, 0.4) is 0 Å². The molecular weight excluding hydrogens is 284 g/mol. The minimum Gasteiger partial charge on any atom is -0.392 e. The van der Waals surface area contributed by atoms with Gasteiger partial charge >= 0.3 is 0 Å². The van der Waals surface area contributed by atoms with Gasteiger partial charge in [0.05, 0.1) is 24.0 Å². The molecule has 4 nitrogen and oxygen atoms in total. The Labute approximate surface area is 127 Å². The topological polar surface area (TPSA) is 73.1 Å². The van der Waals surface area contributed by atoms with Gasteiger partial charge in [-0.25, -0.2) is 0 Å². The lowest BCUT2D eigenvalue weighted by Gasteiger charge is -2.09. The third-order valence-electron chi connectivity index (χ3n) is 2.79. The van der Waals surface area contributed by atoms with E-state index in [0.717, 1.165) is 10.5 Å². The van der Waals surface area contributed by atoms with Gasteiger partial charge < -0.3 is 10.4 Å². The summed E-state index contributed by atoms with van der Waals surface area (Å²) in [7, 11) is 0. The van der Waals surface area contributed by atoms with E-state index < -0.39 is 0 Å². The summed E-state index contributed by atoms with van der Waals surface area (Å²) in [5, 5.41) is 20.6. The van der Waals surface area contributed by atoms with Crippen LogP contribution in [0.1, 0.15) is 15.9 Å². The van der Waals surface area contributed by atoms with E-state index in [1.165, 1.54) is 11.8 Å². The SMILES string of the molecule is N#CCSc1ccccc1C(=O)Nc1cccc(CO)c1. The average Bonchev–Trinajstić information content (AvgIpc) is 2.53. The minimum absolute atomic E-state index is 0.0711. The Bertz CT molecular complexity index is 680. The van der Waals surface area contributed by atoms with Gasteiger partial charge in [0.1, 0.15) is 0 Å². The molecule has 2 rings (SSSR count). The van der Waals surface area contributed by atoms with Crippen LogP contribution in [0, 0.1) is 11.3 Å². The first kappa shape index (κ1) is 15.1. The molecule has 2 aromatic carbocycles. The van der Waals surface area contributed by atoms with Gasteiger partial charge in [0.15, 0.2) is 0 Å². The van der Waals surface area contributed by atoms with E-state index in [2.05, 4.69) is 11.4 Å². The number of rotatable bonds is 5. The van der Waals surface area contributed by atoms with Crippen LogP contribution in [-0.2, 0) is 6.61 Å². The number of carbonyl (C=O) groups is 1. The number of amides is 1. The van der Waals surface area contributed by atoms with E-state index in [-0.39, 0.29) is 12.5 Å². The monoisotopic (exact) mass is 298 g/mol. The molecule has 0 aromatic heterocycles. The van der Waals surface area contributed by atoms with Crippen molar-refractivity contribution in [3.05, 3.63) is 59.7 Å². The summed E-state index contributed by atoms with van der Waals surface area (Å²) < 4.78 is 0. The fraction of sp³-hybridized carbons (Fsp3) is 0.125. The molecule has 0 radical (unpaired) electrons. The van der Waals surface area contributed by atoms with Gasteiger partial charge in [-0.3, -0.25) is 4.79 Å². The third kappa shape index (κ3) is 4.09. The van der Waals surface area contributed by atoms with Gasteiger partial charge in [-0.2, -0.15) is 5.26 Å². The summed E-state index contributed by atoms with van der Waals surface area (Å²) in [6, 6.07) is 16.3. The molecule has 106 valence electrons. The summed E-state index contributed by atoms with van der Waals surface area (Å²) in [5.41, 5.74) is 1.90. The van der Waals surface area contributed by atoms with Gasteiger partial charge in [-0.1, -0.05) is 24.3 Å². The van der Waals surface area contributed by atoms with Gasteiger partial charge in [0.25, 0.3) is 5.91 Å². The van der Waals surface area contributed by atoms with Crippen LogP contribution in [0.2, 0.25) is 0 Å². The maximum absolute atomic E-state index is 12.3. The molecule has 0 spiro atoms. The highest BCUT2D eigenvalue weighted by molar-refractivity contribution is 7.99. The van der Waals surface area contributed by atoms with E-state index in [1.807, 2.05) is 12.1 Å². The van der Waals surface area contributed by atoms with Gasteiger partial charge in [-0.05, 0) is 29.8 Å². The molecule has 0 aliphatic rings. The maximum Gasteiger partial charge on any atom is 0.256 e. The standard InChI is InChI=1S/C16H14N2O2S/c17-8-9-21-15-7-2-1-6-14(15)16(20)18-13-5-3-4-12(10-13)11-19/h1-7,10,19H,9,11H2,(H,18,20). The Kier molecular flexibility index (Phi) is 5.38. The number of aliphatic hydroxyl groups excluding tert-OH is 1. The van der Waals surface area contributed by atoms with Crippen molar-refractivity contribution < 1.29 is 9.90 Å². The van der Waals surface area contributed by atoms with Crippen molar-refractivity contribution >= 4 is 23.4 Å². The van der Waals surface area contributed by atoms with Crippen LogP contribution in [0.5, 0.6) is 0 Å². The fourth-order valence-electron chi connectivity index (χ4n) is 1.84. The molecule has 0 fully saturated rings. The molecule has 5 heteroatoms. The van der Waals surface area contributed by atoms with Crippen LogP contribution in [0.4, 0.5) is 5.69 Å². The van der Waals surface area contributed by atoms with E-state index in [9.17, 15) is 4.79 Å². The second kappa shape index (κ2) is 7.48. The summed E-state index contributed by atoms with van der Waals surface area (Å²) in [5.74, 6) is 0.0655. The highest BCUT2D eigenvalue weighted by atomic mass is 32.2. The van der Waals surface area contributed by atoms with Crippen molar-refractivity contribution in [1.29, 1.82) is 5.26 Å². The molecule has 21 heavy (non-hydrogen) atoms. The molecule has 1 amide bonds. The van der Waals surface area contributed by atoms with Crippen LogP contribution in [0.15, 0.2) is 53.4 Å². The lowest BCUT2D eigenvalue weighted by Crippen LogP contribution is -2.13. The van der Waals surface area contributed by atoms with Crippen molar-refractivity contribution in [1.82, 2.24) is 0 Å². The Balaban J connectivity index is 2.18. The second-order valence-corrected chi connectivity index (χ2v) is 5.27. The first-order chi connectivity index (χ1) is 10.2. The van der Waals surface area contributed by atoms with Crippen molar-refractivity contribution in [2.45, 2.75) is 11.5 Å². The van der Waals surface area contributed by atoms with E-state index >= 15 is 0 Å². The predicted molar refractivity (Wildman–Crippen MR) is 83.1 cm³/mol. The van der Waals surface area contributed by atoms with E-state index in [0.29, 0.717) is 17.0 Å². The summed E-state index contributed by atoms with van der Waals surface area (Å²) in [6.07, 6.45) is 0. The molecule has 2 aromatic rings. The number of benzene rings is 2. The molecule has 0 atom stereocenters. The summed E-state index contributed by atoms with van der Waals surface area (Å²) in [6.45, 7) is -0.0711. The zero-order chi connectivity index (χ0) is 15.1. The molecule has 0 unspecified atom stereocenters. The van der Waals surface area contributed by atoms with Crippen LogP contribution in [0.25, 0.3) is 0 Å². The van der Waals surface area contributed by atoms with Crippen molar-refractivity contribution in [2.24, 2.45) is 0 Å². The molecule has 0 aliphatic carbocycles. The normalized spacial score (nSPS) is 9.90. The molecule has 0 saturated carbocycles.